The van der Waals surface area contributed by atoms with Gasteiger partial charge in [-0.3, -0.25) is 13.6 Å². The number of hydrogen-bond acceptors (Lipinski definition) is 5. The van der Waals surface area contributed by atoms with Gasteiger partial charge in [0.05, 0.1) is 26.7 Å². The van der Waals surface area contributed by atoms with E-state index in [-0.39, 0.29) is 9.79 Å². The fraction of sp³-hybridized carbons (Fsp3) is 0.265. The summed E-state index contributed by atoms with van der Waals surface area (Å²) < 4.78 is 57.6. The van der Waals surface area contributed by atoms with Crippen molar-refractivity contribution in [3.05, 3.63) is 102 Å². The van der Waals surface area contributed by atoms with E-state index in [1.54, 1.807) is 48.5 Å². The zero-order chi connectivity index (χ0) is 30.9. The second kappa shape index (κ2) is 12.0. The van der Waals surface area contributed by atoms with Gasteiger partial charge < -0.3 is 0 Å². The molecular formula is C34H37N3O4S2. The molecule has 7 nitrogen and oxygen atoms in total. The zero-order valence-corrected chi connectivity index (χ0v) is 26.8. The van der Waals surface area contributed by atoms with Crippen LogP contribution in [0.15, 0.2) is 94.7 Å². The van der Waals surface area contributed by atoms with E-state index in [0.29, 0.717) is 42.8 Å². The van der Waals surface area contributed by atoms with Crippen LogP contribution >= 0.6 is 0 Å². The third-order valence-electron chi connectivity index (χ3n) is 7.60. The maximum absolute atomic E-state index is 13.7. The Morgan fingerprint density at radius 2 is 1.00 bits per heavy atom. The van der Waals surface area contributed by atoms with Gasteiger partial charge in [0, 0.05) is 29.6 Å². The highest BCUT2D eigenvalue weighted by Gasteiger charge is 2.26. The lowest BCUT2D eigenvalue weighted by Gasteiger charge is -2.25. The van der Waals surface area contributed by atoms with Crippen molar-refractivity contribution in [3.8, 4) is 0 Å². The summed E-state index contributed by atoms with van der Waals surface area (Å²) in [5, 5.41) is 2.63. The minimum absolute atomic E-state index is 0.249. The lowest BCUT2D eigenvalue weighted by Crippen LogP contribution is -2.31. The van der Waals surface area contributed by atoms with Crippen LogP contribution in [0.1, 0.15) is 43.5 Å². The van der Waals surface area contributed by atoms with Gasteiger partial charge in [0.1, 0.15) is 0 Å². The maximum Gasteiger partial charge on any atom is 0.264 e. The molecule has 0 aliphatic carbocycles. The minimum Gasteiger partial charge on any atom is -0.266 e. The molecule has 0 spiro atoms. The Hall–Kier alpha value is -3.95. The number of anilines is 2. The molecule has 0 aliphatic heterocycles. The molecule has 0 N–H and O–H groups in total. The van der Waals surface area contributed by atoms with Crippen LogP contribution in [0.3, 0.4) is 0 Å². The molecule has 5 aromatic rings. The van der Waals surface area contributed by atoms with Gasteiger partial charge in [0.2, 0.25) is 0 Å². The van der Waals surface area contributed by atoms with Crippen molar-refractivity contribution in [2.24, 2.45) is 0 Å². The van der Waals surface area contributed by atoms with E-state index >= 15 is 0 Å². The summed E-state index contributed by atoms with van der Waals surface area (Å²) in [6, 6.07) is 25.0. The normalized spacial score (nSPS) is 12.1. The fourth-order valence-electron chi connectivity index (χ4n) is 5.32. The van der Waals surface area contributed by atoms with Crippen LogP contribution < -0.4 is 8.61 Å². The molecule has 9 heteroatoms. The molecule has 0 amide bonds. The first kappa shape index (κ1) is 30.5. The molecule has 43 heavy (non-hydrogen) atoms. The molecular weight excluding hydrogens is 579 g/mol. The fourth-order valence-corrected chi connectivity index (χ4v) is 8.41. The monoisotopic (exact) mass is 615 g/mol. The Kier molecular flexibility index (Phi) is 8.49. The summed E-state index contributed by atoms with van der Waals surface area (Å²) in [4.78, 5) is 5.36. The van der Waals surface area contributed by atoms with Crippen LogP contribution in [0, 0.1) is 20.8 Å². The number of fused-ring (bicyclic) bond motifs is 3. The largest absolute Gasteiger partial charge is 0.266 e. The van der Waals surface area contributed by atoms with E-state index in [4.69, 9.17) is 4.98 Å². The van der Waals surface area contributed by atoms with Crippen LogP contribution in [-0.4, -0.2) is 34.9 Å². The van der Waals surface area contributed by atoms with Crippen molar-refractivity contribution < 1.29 is 16.8 Å². The van der Waals surface area contributed by atoms with E-state index in [9.17, 15) is 16.8 Å². The molecule has 0 aliphatic rings. The molecule has 1 aromatic heterocycles. The predicted octanol–water partition coefficient (Wildman–Crippen LogP) is 7.52. The van der Waals surface area contributed by atoms with E-state index in [1.807, 2.05) is 71.0 Å². The van der Waals surface area contributed by atoms with Gasteiger partial charge in [-0.05, 0) is 87.5 Å². The van der Waals surface area contributed by atoms with Gasteiger partial charge in [-0.25, -0.2) is 16.8 Å². The first-order chi connectivity index (χ1) is 20.5. The van der Waals surface area contributed by atoms with Crippen molar-refractivity contribution in [1.82, 2.24) is 4.98 Å². The van der Waals surface area contributed by atoms with E-state index < -0.39 is 20.0 Å². The number of hydrogen-bond donors (Lipinski definition) is 0. The summed E-state index contributed by atoms with van der Waals surface area (Å²) in [5.74, 6) is 0. The van der Waals surface area contributed by atoms with Crippen molar-refractivity contribution in [2.75, 3.05) is 21.7 Å². The maximum atomic E-state index is 13.7. The standard InChI is InChI=1S/C34H37N3O4S2/c1-6-20-36(42(38,39)29-14-8-24(3)9-15-29)27-12-18-31-32-19-13-28(23-34(32)35-26(5)33(31)22-27)37(21-7-2)43(40,41)30-16-10-25(4)11-17-30/h8-19,22-23H,6-7,20-21H2,1-5H3. The molecule has 224 valence electrons. The molecule has 0 radical (unpaired) electrons. The number of sulfonamides is 2. The first-order valence-corrected chi connectivity index (χ1v) is 17.4. The second-order valence-electron chi connectivity index (χ2n) is 10.9. The van der Waals surface area contributed by atoms with Gasteiger partial charge in [0.25, 0.3) is 20.0 Å². The minimum atomic E-state index is -3.77. The number of aryl methyl sites for hydroxylation is 3. The molecule has 0 bridgehead atoms. The highest BCUT2D eigenvalue weighted by Crippen LogP contribution is 2.35. The Bertz CT molecular complexity index is 2010. The third kappa shape index (κ3) is 5.84. The smallest absolute Gasteiger partial charge is 0.264 e. The van der Waals surface area contributed by atoms with Crippen molar-refractivity contribution in [1.29, 1.82) is 0 Å². The highest BCUT2D eigenvalue weighted by atomic mass is 32.2. The summed E-state index contributed by atoms with van der Waals surface area (Å²) in [5.41, 5.74) is 4.52. The van der Waals surface area contributed by atoms with E-state index in [2.05, 4.69) is 0 Å². The Labute approximate surface area is 254 Å². The van der Waals surface area contributed by atoms with Crippen LogP contribution in [0.25, 0.3) is 21.7 Å². The molecule has 0 fully saturated rings. The molecule has 0 unspecified atom stereocenters. The SMILES string of the molecule is CCCN(c1ccc2c(c1)nc(C)c1cc(N(CCC)S(=O)(=O)c3ccc(C)cc3)ccc12)S(=O)(=O)c1ccc(C)cc1. The number of rotatable bonds is 10. The van der Waals surface area contributed by atoms with Crippen molar-refractivity contribution >= 4 is 53.1 Å². The van der Waals surface area contributed by atoms with E-state index in [1.165, 1.54) is 8.61 Å². The Morgan fingerprint density at radius 1 is 0.558 bits per heavy atom. The van der Waals surface area contributed by atoms with Crippen molar-refractivity contribution in [2.45, 2.75) is 57.3 Å². The van der Waals surface area contributed by atoms with Crippen LogP contribution in [0.2, 0.25) is 0 Å². The molecule has 0 saturated carbocycles. The lowest BCUT2D eigenvalue weighted by molar-refractivity contribution is 0.588. The summed E-state index contributed by atoms with van der Waals surface area (Å²) in [6.07, 6.45) is 1.30. The molecule has 4 aromatic carbocycles. The van der Waals surface area contributed by atoms with Gasteiger partial charge in [-0.2, -0.15) is 0 Å². The van der Waals surface area contributed by atoms with Crippen LogP contribution in [0.4, 0.5) is 11.4 Å². The molecule has 0 atom stereocenters. The number of pyridine rings is 1. The lowest BCUT2D eigenvalue weighted by atomic mass is 10.0. The molecule has 1 heterocycles. The summed E-state index contributed by atoms with van der Waals surface area (Å²) in [6.45, 7) is 10.3. The van der Waals surface area contributed by atoms with Gasteiger partial charge in [-0.15, -0.1) is 0 Å². The van der Waals surface area contributed by atoms with Gasteiger partial charge >= 0.3 is 0 Å². The zero-order valence-electron chi connectivity index (χ0n) is 25.2. The summed E-state index contributed by atoms with van der Waals surface area (Å²) >= 11 is 0. The van der Waals surface area contributed by atoms with Gasteiger partial charge in [-0.1, -0.05) is 61.4 Å². The number of benzene rings is 4. The van der Waals surface area contributed by atoms with E-state index in [0.717, 1.165) is 33.0 Å². The Morgan fingerprint density at radius 3 is 1.47 bits per heavy atom. The Balaban J connectivity index is 1.59. The third-order valence-corrected chi connectivity index (χ3v) is 11.3. The predicted molar refractivity (Wildman–Crippen MR) is 176 cm³/mol. The van der Waals surface area contributed by atoms with Crippen molar-refractivity contribution in [3.63, 3.8) is 0 Å². The number of aromatic nitrogens is 1. The second-order valence-corrected chi connectivity index (χ2v) is 14.6. The van der Waals surface area contributed by atoms with Gasteiger partial charge in [0.15, 0.2) is 0 Å². The van der Waals surface area contributed by atoms with Crippen LogP contribution in [0.5, 0.6) is 0 Å². The topological polar surface area (TPSA) is 87.7 Å². The molecule has 5 rings (SSSR count). The highest BCUT2D eigenvalue weighted by molar-refractivity contribution is 7.93. The first-order valence-electron chi connectivity index (χ1n) is 14.5. The average Bonchev–Trinajstić information content (AvgIpc) is 2.98. The quantitative estimate of drug-likeness (QED) is 0.152. The summed E-state index contributed by atoms with van der Waals surface area (Å²) in [7, 11) is -7.54. The molecule has 0 saturated heterocycles. The average molecular weight is 616 g/mol. The van der Waals surface area contributed by atoms with Crippen LogP contribution in [-0.2, 0) is 20.0 Å². The number of nitrogens with zero attached hydrogens (tertiary/aromatic N) is 3.